The van der Waals surface area contributed by atoms with Gasteiger partial charge in [-0.1, -0.05) is 6.07 Å². The van der Waals surface area contributed by atoms with E-state index in [1.165, 1.54) is 10.9 Å². The standard InChI is InChI=1S/C18H21N5O3/c1-25-11-18(12-26-2)6-7-22(18)17(24)13-4-3-5-15(8-13)23-16(20)14(9-19)10-21-23/h3-5,8,10H,6-7,11-12,20H2,1-2H3. The number of likely N-dealkylation sites (tertiary alicyclic amines) is 1. The highest BCUT2D eigenvalue weighted by atomic mass is 16.5. The molecule has 8 nitrogen and oxygen atoms in total. The Morgan fingerprint density at radius 3 is 2.65 bits per heavy atom. The van der Waals surface area contributed by atoms with Crippen LogP contribution in [0.25, 0.3) is 5.69 Å². The summed E-state index contributed by atoms with van der Waals surface area (Å²) in [5.41, 5.74) is 6.95. The van der Waals surface area contributed by atoms with Gasteiger partial charge in [0.05, 0.1) is 30.6 Å². The van der Waals surface area contributed by atoms with E-state index >= 15 is 0 Å². The number of nitrogen functional groups attached to an aromatic ring is 1. The summed E-state index contributed by atoms with van der Waals surface area (Å²) in [6.45, 7) is 1.49. The normalized spacial score (nSPS) is 15.3. The molecule has 1 aliphatic rings. The van der Waals surface area contributed by atoms with Crippen LogP contribution in [-0.4, -0.2) is 60.1 Å². The predicted octanol–water partition coefficient (Wildman–Crippen LogP) is 1.20. The first-order chi connectivity index (χ1) is 12.6. The quantitative estimate of drug-likeness (QED) is 0.834. The molecule has 0 bridgehead atoms. The van der Waals surface area contributed by atoms with Gasteiger partial charge in [-0.25, -0.2) is 4.68 Å². The molecule has 2 aromatic rings. The molecule has 2 N–H and O–H groups in total. The van der Waals surface area contributed by atoms with Gasteiger partial charge in [-0.05, 0) is 24.6 Å². The number of amides is 1. The molecule has 3 rings (SSSR count). The van der Waals surface area contributed by atoms with Gasteiger partial charge < -0.3 is 20.1 Å². The van der Waals surface area contributed by atoms with Gasteiger partial charge in [0, 0.05) is 26.3 Å². The zero-order valence-electron chi connectivity index (χ0n) is 14.8. The summed E-state index contributed by atoms with van der Waals surface area (Å²) in [6, 6.07) is 9.01. The minimum atomic E-state index is -0.435. The molecule has 1 aliphatic heterocycles. The second-order valence-electron chi connectivity index (χ2n) is 6.31. The number of hydrogen-bond acceptors (Lipinski definition) is 6. The topological polar surface area (TPSA) is 106 Å². The van der Waals surface area contributed by atoms with E-state index in [-0.39, 0.29) is 11.7 Å². The molecular weight excluding hydrogens is 334 g/mol. The number of nitrogens with zero attached hydrogens (tertiary/aromatic N) is 4. The number of methoxy groups -OCH3 is 2. The van der Waals surface area contributed by atoms with E-state index in [1.54, 1.807) is 43.4 Å². The fourth-order valence-electron chi connectivity index (χ4n) is 3.31. The van der Waals surface area contributed by atoms with Crippen molar-refractivity contribution in [2.45, 2.75) is 12.0 Å². The average Bonchev–Trinajstić information content (AvgIpc) is 3.01. The number of carbonyl (C=O) groups excluding carboxylic acids is 1. The Balaban J connectivity index is 1.89. The molecule has 26 heavy (non-hydrogen) atoms. The first-order valence-corrected chi connectivity index (χ1v) is 8.20. The Kier molecular flexibility index (Phi) is 4.93. The molecule has 8 heteroatoms. The van der Waals surface area contributed by atoms with Crippen LogP contribution in [0.15, 0.2) is 30.5 Å². The van der Waals surface area contributed by atoms with Crippen molar-refractivity contribution in [2.24, 2.45) is 0 Å². The van der Waals surface area contributed by atoms with E-state index in [0.717, 1.165) is 6.42 Å². The Labute approximate surface area is 151 Å². The zero-order chi connectivity index (χ0) is 18.7. The van der Waals surface area contributed by atoms with Crippen LogP contribution in [0.4, 0.5) is 5.82 Å². The first kappa shape index (κ1) is 17.9. The summed E-state index contributed by atoms with van der Waals surface area (Å²) < 4.78 is 12.1. The van der Waals surface area contributed by atoms with Crippen molar-refractivity contribution in [1.29, 1.82) is 5.26 Å². The summed E-state index contributed by atoms with van der Waals surface area (Å²) in [4.78, 5) is 14.8. The maximum Gasteiger partial charge on any atom is 0.254 e. The number of benzene rings is 1. The third-order valence-electron chi connectivity index (χ3n) is 4.71. The fourth-order valence-corrected chi connectivity index (χ4v) is 3.31. The lowest BCUT2D eigenvalue weighted by molar-refractivity contribution is -0.0815. The van der Waals surface area contributed by atoms with Crippen LogP contribution in [0.1, 0.15) is 22.3 Å². The van der Waals surface area contributed by atoms with Crippen LogP contribution < -0.4 is 5.73 Å². The van der Waals surface area contributed by atoms with Gasteiger partial charge in [0.1, 0.15) is 17.5 Å². The van der Waals surface area contributed by atoms with Crippen LogP contribution in [0.2, 0.25) is 0 Å². The molecular formula is C18H21N5O3. The molecule has 0 spiro atoms. The van der Waals surface area contributed by atoms with Gasteiger partial charge in [-0.3, -0.25) is 4.79 Å². The Morgan fingerprint density at radius 1 is 1.38 bits per heavy atom. The highest BCUT2D eigenvalue weighted by Crippen LogP contribution is 2.33. The lowest BCUT2D eigenvalue weighted by Gasteiger charge is -2.52. The first-order valence-electron chi connectivity index (χ1n) is 8.20. The summed E-state index contributed by atoms with van der Waals surface area (Å²) in [5, 5.41) is 13.2. The van der Waals surface area contributed by atoms with E-state index in [0.29, 0.717) is 36.6 Å². The van der Waals surface area contributed by atoms with E-state index < -0.39 is 5.54 Å². The second-order valence-corrected chi connectivity index (χ2v) is 6.31. The predicted molar refractivity (Wildman–Crippen MR) is 94.8 cm³/mol. The summed E-state index contributed by atoms with van der Waals surface area (Å²) >= 11 is 0. The van der Waals surface area contributed by atoms with E-state index in [1.807, 2.05) is 6.07 Å². The minimum absolute atomic E-state index is 0.0987. The molecule has 1 aromatic heterocycles. The van der Waals surface area contributed by atoms with Crippen LogP contribution in [0, 0.1) is 11.3 Å². The fraction of sp³-hybridized carbons (Fsp3) is 0.389. The Hall–Kier alpha value is -2.89. The summed E-state index contributed by atoms with van der Waals surface area (Å²) in [7, 11) is 3.23. The molecule has 1 aromatic carbocycles. The van der Waals surface area contributed by atoms with Crippen molar-refractivity contribution in [3.05, 3.63) is 41.6 Å². The Morgan fingerprint density at radius 2 is 2.12 bits per heavy atom. The van der Waals surface area contributed by atoms with E-state index in [9.17, 15) is 4.79 Å². The van der Waals surface area contributed by atoms with Crippen molar-refractivity contribution < 1.29 is 14.3 Å². The van der Waals surface area contributed by atoms with E-state index in [2.05, 4.69) is 5.10 Å². The van der Waals surface area contributed by atoms with Crippen molar-refractivity contribution in [3.63, 3.8) is 0 Å². The second kappa shape index (κ2) is 7.15. The smallest absolute Gasteiger partial charge is 0.254 e. The lowest BCUT2D eigenvalue weighted by atomic mass is 9.85. The van der Waals surface area contributed by atoms with Crippen molar-refractivity contribution in [3.8, 4) is 11.8 Å². The van der Waals surface area contributed by atoms with Crippen LogP contribution in [0.3, 0.4) is 0 Å². The molecule has 0 saturated carbocycles. The zero-order valence-corrected chi connectivity index (χ0v) is 14.8. The molecule has 0 unspecified atom stereocenters. The SMILES string of the molecule is COCC1(COC)CCN1C(=O)c1cccc(-n2ncc(C#N)c2N)c1. The number of aromatic nitrogens is 2. The maximum absolute atomic E-state index is 13.0. The monoisotopic (exact) mass is 355 g/mol. The van der Waals surface area contributed by atoms with Crippen molar-refractivity contribution >= 4 is 11.7 Å². The molecule has 2 heterocycles. The molecule has 0 radical (unpaired) electrons. The van der Waals surface area contributed by atoms with Crippen molar-refractivity contribution in [1.82, 2.24) is 14.7 Å². The van der Waals surface area contributed by atoms with Gasteiger partial charge in [0.2, 0.25) is 0 Å². The van der Waals surface area contributed by atoms with Gasteiger partial charge >= 0.3 is 0 Å². The van der Waals surface area contributed by atoms with Gasteiger partial charge in [0.25, 0.3) is 5.91 Å². The number of rotatable bonds is 6. The minimum Gasteiger partial charge on any atom is -0.382 e. The van der Waals surface area contributed by atoms with E-state index in [4.69, 9.17) is 20.5 Å². The molecule has 136 valence electrons. The van der Waals surface area contributed by atoms with Gasteiger partial charge in [0.15, 0.2) is 0 Å². The number of ether oxygens (including phenoxy) is 2. The Bertz CT molecular complexity index is 849. The highest BCUT2D eigenvalue weighted by Gasteiger charge is 2.47. The third-order valence-corrected chi connectivity index (χ3v) is 4.71. The number of nitriles is 1. The molecule has 0 atom stereocenters. The highest BCUT2D eigenvalue weighted by molar-refractivity contribution is 5.96. The number of hydrogen-bond donors (Lipinski definition) is 1. The molecule has 1 amide bonds. The van der Waals surface area contributed by atoms with Gasteiger partial charge in [-0.15, -0.1) is 0 Å². The van der Waals surface area contributed by atoms with Crippen LogP contribution in [0.5, 0.6) is 0 Å². The average molecular weight is 355 g/mol. The third kappa shape index (κ3) is 2.92. The molecule has 0 aliphatic carbocycles. The number of anilines is 1. The summed E-state index contributed by atoms with van der Waals surface area (Å²) in [5.74, 6) is 0.146. The van der Waals surface area contributed by atoms with Crippen LogP contribution in [-0.2, 0) is 9.47 Å². The van der Waals surface area contributed by atoms with Crippen LogP contribution >= 0.6 is 0 Å². The largest absolute Gasteiger partial charge is 0.382 e. The molecule has 1 saturated heterocycles. The molecule has 1 fully saturated rings. The number of nitrogens with two attached hydrogens (primary N) is 1. The number of carbonyl (C=O) groups is 1. The lowest BCUT2D eigenvalue weighted by Crippen LogP contribution is -2.66. The summed E-state index contributed by atoms with van der Waals surface area (Å²) in [6.07, 6.45) is 2.24. The maximum atomic E-state index is 13.0. The van der Waals surface area contributed by atoms with Crippen molar-refractivity contribution in [2.75, 3.05) is 39.7 Å². The van der Waals surface area contributed by atoms with Gasteiger partial charge in [-0.2, -0.15) is 10.4 Å².